The molecule has 0 amide bonds. The number of fused-ring (bicyclic) bond motifs is 20. The van der Waals surface area contributed by atoms with Crippen LogP contribution < -0.4 is 42.3 Å². The molecule has 0 saturated heterocycles. The molecule has 17 rings (SSSR count). The highest BCUT2D eigenvalue weighted by Gasteiger charge is 2.43. The summed E-state index contributed by atoms with van der Waals surface area (Å²) in [5, 5.41) is 9.45. The van der Waals surface area contributed by atoms with Crippen LogP contribution in [0.25, 0.3) is 98.9 Å². The van der Waals surface area contributed by atoms with Gasteiger partial charge in [-0.25, -0.2) is 0 Å². The molecule has 0 radical (unpaired) electrons. The van der Waals surface area contributed by atoms with Gasteiger partial charge in [-0.05, 0) is 81.3 Å². The second kappa shape index (κ2) is 10.3. The fourth-order valence-corrected chi connectivity index (χ4v) is 12.2. The summed E-state index contributed by atoms with van der Waals surface area (Å²) >= 11 is 0. The zero-order valence-electron chi connectivity index (χ0n) is 32.7. The van der Waals surface area contributed by atoms with Crippen LogP contribution in [0, 0.1) is 0 Å². The largest absolute Gasteiger partial charge is 0.458 e. The quantitative estimate of drug-likeness (QED) is 0.144. The van der Waals surface area contributed by atoms with E-state index < -0.39 is 0 Å². The van der Waals surface area contributed by atoms with Gasteiger partial charge in [0.05, 0.1) is 11.0 Å². The van der Waals surface area contributed by atoms with Gasteiger partial charge in [0, 0.05) is 77.6 Å². The van der Waals surface area contributed by atoms with E-state index in [0.29, 0.717) is 0 Å². The number of aromatic nitrogens is 2. The summed E-state index contributed by atoms with van der Waals surface area (Å²) in [4.78, 5) is 0. The van der Waals surface area contributed by atoms with Crippen LogP contribution in [-0.4, -0.2) is 22.6 Å². The molecule has 0 fully saturated rings. The highest BCUT2D eigenvalue weighted by atomic mass is 16.5. The van der Waals surface area contributed by atoms with Gasteiger partial charge >= 0.3 is 0 Å². The number of nitrogens with zero attached hydrogens (tertiary/aromatic N) is 2. The minimum absolute atomic E-state index is 0.00215. The number of ether oxygens (including phenoxy) is 2. The summed E-state index contributed by atoms with van der Waals surface area (Å²) in [6, 6.07) is 57.1. The minimum atomic E-state index is -0.00215. The second-order valence-corrected chi connectivity index (χ2v) is 17.5. The van der Waals surface area contributed by atoms with Crippen molar-refractivity contribution in [1.29, 1.82) is 0 Å². The molecule has 13 aromatic rings. The predicted molar refractivity (Wildman–Crippen MR) is 252 cm³/mol. The number of furan rings is 2. The van der Waals surface area contributed by atoms with Crippen molar-refractivity contribution < 1.29 is 18.3 Å². The van der Waals surface area contributed by atoms with Crippen molar-refractivity contribution in [2.75, 3.05) is 0 Å². The number of rotatable bonds is 0. The number of hydrogen-bond acceptors (Lipinski definition) is 4. The molecule has 8 heteroatoms. The van der Waals surface area contributed by atoms with Crippen molar-refractivity contribution in [3.8, 4) is 34.4 Å². The number of benzene rings is 9. The first-order valence-corrected chi connectivity index (χ1v) is 21.3. The van der Waals surface area contributed by atoms with Crippen molar-refractivity contribution in [1.82, 2.24) is 9.13 Å². The molecule has 0 aliphatic carbocycles. The molecule has 6 nitrogen and oxygen atoms in total. The lowest BCUT2D eigenvalue weighted by Gasteiger charge is -2.33. The Morgan fingerprint density at radius 3 is 1.31 bits per heavy atom. The van der Waals surface area contributed by atoms with Gasteiger partial charge < -0.3 is 27.4 Å². The van der Waals surface area contributed by atoms with Crippen molar-refractivity contribution in [3.63, 3.8) is 0 Å². The van der Waals surface area contributed by atoms with E-state index in [-0.39, 0.29) is 13.4 Å². The Hall–Kier alpha value is -8.09. The molecule has 4 aliphatic rings. The molecule has 0 spiro atoms. The minimum Gasteiger partial charge on any atom is -0.458 e. The van der Waals surface area contributed by atoms with Crippen molar-refractivity contribution in [2.45, 2.75) is 0 Å². The molecule has 62 heavy (non-hydrogen) atoms. The van der Waals surface area contributed by atoms with Gasteiger partial charge in [-0.2, -0.15) is 0 Å². The van der Waals surface area contributed by atoms with E-state index >= 15 is 0 Å². The number of hydrogen-bond donors (Lipinski definition) is 0. The number of para-hydroxylation sites is 4. The zero-order chi connectivity index (χ0) is 39.7. The Morgan fingerprint density at radius 2 is 0.790 bits per heavy atom. The van der Waals surface area contributed by atoms with E-state index in [2.05, 4.69) is 143 Å². The predicted octanol–water partition coefficient (Wildman–Crippen LogP) is 9.55. The third kappa shape index (κ3) is 3.43. The Morgan fingerprint density at radius 1 is 0.323 bits per heavy atom. The van der Waals surface area contributed by atoms with Gasteiger partial charge in [0.15, 0.2) is 0 Å². The summed E-state index contributed by atoms with van der Waals surface area (Å²) in [5.41, 5.74) is 17.9. The topological polar surface area (TPSA) is 54.6 Å². The Labute approximate surface area is 351 Å². The molecule has 0 N–H and O–H groups in total. The van der Waals surface area contributed by atoms with E-state index in [0.717, 1.165) is 78.2 Å². The average molecular weight is 788 g/mol. The monoisotopic (exact) mass is 788 g/mol. The molecule has 0 atom stereocenters. The third-order valence-electron chi connectivity index (χ3n) is 14.6. The van der Waals surface area contributed by atoms with Crippen molar-refractivity contribution in [3.05, 3.63) is 158 Å². The molecule has 4 aromatic heterocycles. The molecule has 0 saturated carbocycles. The maximum atomic E-state index is 6.84. The van der Waals surface area contributed by atoms with Crippen LogP contribution in [0.1, 0.15) is 0 Å². The molecule has 4 aliphatic heterocycles. The first kappa shape index (κ1) is 30.9. The zero-order valence-corrected chi connectivity index (χ0v) is 32.7. The van der Waals surface area contributed by atoms with Crippen molar-refractivity contribution in [2.24, 2.45) is 0 Å². The summed E-state index contributed by atoms with van der Waals surface area (Å²) < 4.78 is 31.4. The molecular weight excluding hydrogens is 762 g/mol. The lowest BCUT2D eigenvalue weighted by Crippen LogP contribution is -2.58. The van der Waals surface area contributed by atoms with Crippen LogP contribution >= 0.6 is 0 Å². The maximum Gasteiger partial charge on any atom is 0.256 e. The van der Waals surface area contributed by atoms with Crippen LogP contribution in [0.4, 0.5) is 0 Å². The van der Waals surface area contributed by atoms with Gasteiger partial charge in [-0.3, -0.25) is 0 Å². The average Bonchev–Trinajstić information content (AvgIpc) is 4.05. The van der Waals surface area contributed by atoms with Crippen LogP contribution in [0.5, 0.6) is 23.0 Å². The molecule has 282 valence electrons. The SMILES string of the molecule is c1cc2c3c(c1)-n1c4cc5c(cc4c4cccc(c41)B3c1cc3c(cc1O2)oc1ccccc13)c1cccc2c1n5-c1cccc3c1B2c1cc2c(cc1O3)oc1ccccc12. The maximum absolute atomic E-state index is 6.84. The van der Waals surface area contributed by atoms with E-state index in [1.807, 2.05) is 24.3 Å². The third-order valence-corrected chi connectivity index (χ3v) is 14.6. The first-order chi connectivity index (χ1) is 30.7. The fourth-order valence-electron chi connectivity index (χ4n) is 12.2. The first-order valence-electron chi connectivity index (χ1n) is 21.3. The van der Waals surface area contributed by atoms with Gasteiger partial charge in [-0.15, -0.1) is 0 Å². The molecule has 0 unspecified atom stereocenters. The van der Waals surface area contributed by atoms with Gasteiger partial charge in [0.2, 0.25) is 0 Å². The molecular formula is C54H26B2N2O4. The van der Waals surface area contributed by atoms with Crippen LogP contribution in [0.15, 0.2) is 167 Å². The standard InChI is InChI=1S/C54H26B2N2O4/c1-3-17-43-27(9-1)33-22-37-49(25-47(33)59-43)61-45-19-7-15-39-51(45)55(37)35-13-5-11-29-31-21-32-30-12-6-14-36-54(30)58(42(32)24-41(31)57(39)53(29)35)40-16-8-20-46-52(40)56(36)38-23-34-28-10-2-4-18-44(28)60-48(34)26-50(38)62-46/h1-26H. The van der Waals surface area contributed by atoms with Crippen LogP contribution in [0.3, 0.4) is 0 Å². The van der Waals surface area contributed by atoms with E-state index in [1.165, 1.54) is 76.4 Å². The van der Waals surface area contributed by atoms with Crippen molar-refractivity contribution >= 4 is 134 Å². The second-order valence-electron chi connectivity index (χ2n) is 17.5. The smallest absolute Gasteiger partial charge is 0.256 e. The highest BCUT2D eigenvalue weighted by Crippen LogP contribution is 2.44. The van der Waals surface area contributed by atoms with E-state index in [4.69, 9.17) is 18.3 Å². The summed E-state index contributed by atoms with van der Waals surface area (Å²) in [7, 11) is 0. The Balaban J connectivity index is 0.954. The Bertz CT molecular complexity index is 4050. The fraction of sp³-hybridized carbons (Fsp3) is 0. The van der Waals surface area contributed by atoms with Crippen LogP contribution in [-0.2, 0) is 0 Å². The molecule has 8 heterocycles. The van der Waals surface area contributed by atoms with E-state index in [9.17, 15) is 0 Å². The van der Waals surface area contributed by atoms with Gasteiger partial charge in [0.25, 0.3) is 13.4 Å². The van der Waals surface area contributed by atoms with Gasteiger partial charge in [-0.1, -0.05) is 97.1 Å². The van der Waals surface area contributed by atoms with Gasteiger partial charge in [0.1, 0.15) is 45.3 Å². The molecule has 9 aromatic carbocycles. The Kier molecular flexibility index (Phi) is 5.11. The highest BCUT2D eigenvalue weighted by molar-refractivity contribution is 7.00. The normalized spacial score (nSPS) is 14.0. The lowest BCUT2D eigenvalue weighted by atomic mass is 9.34. The summed E-state index contributed by atoms with van der Waals surface area (Å²) in [5.74, 6) is 3.47. The molecule has 0 bridgehead atoms. The summed E-state index contributed by atoms with van der Waals surface area (Å²) in [6.07, 6.45) is 0. The van der Waals surface area contributed by atoms with Crippen LogP contribution in [0.2, 0.25) is 0 Å². The van der Waals surface area contributed by atoms with E-state index in [1.54, 1.807) is 0 Å². The lowest BCUT2D eigenvalue weighted by molar-refractivity contribution is 0.486. The summed E-state index contributed by atoms with van der Waals surface area (Å²) in [6.45, 7) is -0.00431.